The van der Waals surface area contributed by atoms with Gasteiger partial charge in [0.1, 0.15) is 11.1 Å². The van der Waals surface area contributed by atoms with Gasteiger partial charge in [-0.05, 0) is 67.6 Å². The molecule has 0 aliphatic heterocycles. The smallest absolute Gasteiger partial charge is 0.339 e. The van der Waals surface area contributed by atoms with Crippen LogP contribution in [0.2, 0.25) is 0 Å². The molecule has 0 saturated heterocycles. The Morgan fingerprint density at radius 1 is 1.15 bits per heavy atom. The van der Waals surface area contributed by atoms with Crippen LogP contribution in [0.15, 0.2) is 24.3 Å². The first kappa shape index (κ1) is 22.5. The fraction of sp³-hybridized carbons (Fsp3) is 0.407. The SMILES string of the molecule is CC1CCc2c(sc(NC(=O)COC(=O)c3c4c(nc5ccccc35)CCC(C)C4)c2C#N)C1. The van der Waals surface area contributed by atoms with Crippen molar-refractivity contribution >= 4 is 39.1 Å². The van der Waals surface area contributed by atoms with Gasteiger partial charge in [-0.3, -0.25) is 9.78 Å². The molecule has 2 atom stereocenters. The average molecular weight is 474 g/mol. The van der Waals surface area contributed by atoms with Gasteiger partial charge >= 0.3 is 5.97 Å². The van der Waals surface area contributed by atoms with Gasteiger partial charge in [-0.15, -0.1) is 11.3 Å². The molecule has 2 aliphatic rings. The van der Waals surface area contributed by atoms with Crippen LogP contribution in [0.3, 0.4) is 0 Å². The molecule has 1 aromatic carbocycles. The number of rotatable bonds is 4. The average Bonchev–Trinajstić information content (AvgIpc) is 3.16. The summed E-state index contributed by atoms with van der Waals surface area (Å²) in [5.74, 6) is 0.101. The summed E-state index contributed by atoms with van der Waals surface area (Å²) >= 11 is 1.47. The van der Waals surface area contributed by atoms with Gasteiger partial charge in [-0.1, -0.05) is 32.0 Å². The predicted octanol–water partition coefficient (Wildman–Crippen LogP) is 5.21. The number of hydrogen-bond donors (Lipinski definition) is 1. The number of ether oxygens (including phenoxy) is 1. The maximum absolute atomic E-state index is 13.2. The number of nitrogens with one attached hydrogen (secondary N) is 1. The summed E-state index contributed by atoms with van der Waals surface area (Å²) in [6.07, 6.45) is 5.49. The first-order valence-corrected chi connectivity index (χ1v) is 12.7. The van der Waals surface area contributed by atoms with Crippen LogP contribution in [0.1, 0.15) is 64.3 Å². The Morgan fingerprint density at radius 3 is 2.74 bits per heavy atom. The molecule has 1 N–H and O–H groups in total. The summed E-state index contributed by atoms with van der Waals surface area (Å²) in [6.45, 7) is 3.98. The maximum Gasteiger partial charge on any atom is 0.339 e. The number of nitrogens with zero attached hydrogens (tertiary/aromatic N) is 2. The number of para-hydroxylation sites is 1. The summed E-state index contributed by atoms with van der Waals surface area (Å²) in [5.41, 5.74) is 4.79. The van der Waals surface area contributed by atoms with Crippen molar-refractivity contribution in [1.29, 1.82) is 5.26 Å². The summed E-state index contributed by atoms with van der Waals surface area (Å²) < 4.78 is 5.51. The summed E-state index contributed by atoms with van der Waals surface area (Å²) in [6, 6.07) is 9.83. The van der Waals surface area contributed by atoms with E-state index >= 15 is 0 Å². The van der Waals surface area contributed by atoms with Crippen LogP contribution in [0.4, 0.5) is 5.00 Å². The zero-order valence-electron chi connectivity index (χ0n) is 19.4. The largest absolute Gasteiger partial charge is 0.452 e. The molecule has 2 heterocycles. The lowest BCUT2D eigenvalue weighted by atomic mass is 9.84. The number of nitriles is 1. The molecule has 6 nitrogen and oxygen atoms in total. The van der Waals surface area contributed by atoms with Crippen molar-refractivity contribution in [2.75, 3.05) is 11.9 Å². The molecule has 2 unspecified atom stereocenters. The fourth-order valence-corrected chi connectivity index (χ4v) is 6.50. The van der Waals surface area contributed by atoms with E-state index in [2.05, 4.69) is 25.2 Å². The number of aromatic nitrogens is 1. The number of fused-ring (bicyclic) bond motifs is 3. The number of esters is 1. The number of carbonyl (C=O) groups excluding carboxylic acids is 2. The quantitative estimate of drug-likeness (QED) is 0.525. The summed E-state index contributed by atoms with van der Waals surface area (Å²) in [7, 11) is 0. The molecule has 3 aromatic rings. The number of pyridine rings is 1. The molecule has 0 bridgehead atoms. The molecule has 0 saturated carbocycles. The Balaban J connectivity index is 1.35. The van der Waals surface area contributed by atoms with Crippen LogP contribution in [-0.2, 0) is 35.2 Å². The number of carbonyl (C=O) groups is 2. The van der Waals surface area contributed by atoms with E-state index in [0.29, 0.717) is 28.0 Å². The van der Waals surface area contributed by atoms with Gasteiger partial charge < -0.3 is 10.1 Å². The predicted molar refractivity (Wildman–Crippen MR) is 132 cm³/mol. The van der Waals surface area contributed by atoms with Crippen LogP contribution in [0, 0.1) is 23.2 Å². The lowest BCUT2D eigenvalue weighted by Crippen LogP contribution is -2.23. The third kappa shape index (κ3) is 4.19. The number of thiophene rings is 1. The highest BCUT2D eigenvalue weighted by Gasteiger charge is 2.27. The van der Waals surface area contributed by atoms with Gasteiger partial charge in [0, 0.05) is 16.0 Å². The molecular weight excluding hydrogens is 446 g/mol. The lowest BCUT2D eigenvalue weighted by molar-refractivity contribution is -0.119. The molecular formula is C27H27N3O3S. The second-order valence-electron chi connectivity index (χ2n) is 9.57. The van der Waals surface area contributed by atoms with E-state index in [0.717, 1.165) is 66.2 Å². The molecule has 0 spiro atoms. The van der Waals surface area contributed by atoms with Crippen molar-refractivity contribution in [2.45, 2.75) is 52.4 Å². The van der Waals surface area contributed by atoms with Crippen molar-refractivity contribution in [2.24, 2.45) is 11.8 Å². The highest BCUT2D eigenvalue weighted by atomic mass is 32.1. The topological polar surface area (TPSA) is 92.1 Å². The van der Waals surface area contributed by atoms with Crippen molar-refractivity contribution in [3.8, 4) is 6.07 Å². The Morgan fingerprint density at radius 2 is 1.91 bits per heavy atom. The summed E-state index contributed by atoms with van der Waals surface area (Å²) in [5, 5.41) is 13.8. The van der Waals surface area contributed by atoms with Crippen molar-refractivity contribution in [1.82, 2.24) is 4.98 Å². The zero-order valence-corrected chi connectivity index (χ0v) is 20.3. The number of amides is 1. The number of aryl methyl sites for hydroxylation is 1. The number of anilines is 1. The molecule has 5 rings (SSSR count). The van der Waals surface area contributed by atoms with E-state index in [4.69, 9.17) is 9.72 Å². The van der Waals surface area contributed by atoms with E-state index < -0.39 is 18.5 Å². The van der Waals surface area contributed by atoms with Gasteiger partial charge in [0.15, 0.2) is 6.61 Å². The van der Waals surface area contributed by atoms with Crippen LogP contribution >= 0.6 is 11.3 Å². The second-order valence-corrected chi connectivity index (χ2v) is 10.7. The van der Waals surface area contributed by atoms with E-state index in [-0.39, 0.29) is 0 Å². The van der Waals surface area contributed by atoms with Gasteiger partial charge in [-0.2, -0.15) is 5.26 Å². The number of hydrogen-bond acceptors (Lipinski definition) is 6. The standard InChI is InChI=1S/C27H27N3O3S/c1-15-8-10-22-19(11-15)25(18-5-3-4-6-21(18)29-22)27(32)33-14-24(31)30-26-20(13-28)17-9-7-16(2)12-23(17)34-26/h3-6,15-16H,7-12,14H2,1-2H3,(H,30,31). The second kappa shape index (κ2) is 9.19. The lowest BCUT2D eigenvalue weighted by Gasteiger charge is -2.24. The third-order valence-corrected chi connectivity index (χ3v) is 8.09. The molecule has 2 aromatic heterocycles. The van der Waals surface area contributed by atoms with E-state index in [9.17, 15) is 14.9 Å². The first-order valence-electron chi connectivity index (χ1n) is 11.9. The fourth-order valence-electron chi connectivity index (χ4n) is 5.12. The van der Waals surface area contributed by atoms with Gasteiger partial charge in [-0.25, -0.2) is 4.79 Å². The Hall–Kier alpha value is -3.24. The third-order valence-electron chi connectivity index (χ3n) is 6.92. The molecule has 2 aliphatic carbocycles. The molecule has 0 radical (unpaired) electrons. The van der Waals surface area contributed by atoms with Crippen molar-refractivity contribution in [3.05, 3.63) is 57.1 Å². The summed E-state index contributed by atoms with van der Waals surface area (Å²) in [4.78, 5) is 31.9. The van der Waals surface area contributed by atoms with Crippen LogP contribution < -0.4 is 5.32 Å². The van der Waals surface area contributed by atoms with Gasteiger partial charge in [0.05, 0.1) is 16.6 Å². The molecule has 34 heavy (non-hydrogen) atoms. The monoisotopic (exact) mass is 473 g/mol. The number of benzene rings is 1. The van der Waals surface area contributed by atoms with E-state index in [1.54, 1.807) is 0 Å². The van der Waals surface area contributed by atoms with Crippen LogP contribution in [0.5, 0.6) is 0 Å². The van der Waals surface area contributed by atoms with E-state index in [1.807, 2.05) is 24.3 Å². The molecule has 0 fully saturated rings. The molecule has 174 valence electrons. The van der Waals surface area contributed by atoms with Crippen molar-refractivity contribution < 1.29 is 14.3 Å². The molecule has 7 heteroatoms. The maximum atomic E-state index is 13.2. The van der Waals surface area contributed by atoms with E-state index in [1.165, 1.54) is 16.2 Å². The molecule has 1 amide bonds. The Bertz CT molecular complexity index is 1340. The van der Waals surface area contributed by atoms with Crippen LogP contribution in [-0.4, -0.2) is 23.5 Å². The zero-order chi connectivity index (χ0) is 23.8. The Kier molecular flexibility index (Phi) is 6.09. The van der Waals surface area contributed by atoms with Gasteiger partial charge in [0.2, 0.25) is 0 Å². The highest BCUT2D eigenvalue weighted by molar-refractivity contribution is 7.16. The minimum absolute atomic E-state index is 0.399. The minimum atomic E-state index is -0.501. The highest BCUT2D eigenvalue weighted by Crippen LogP contribution is 2.39. The Labute approximate surface area is 203 Å². The minimum Gasteiger partial charge on any atom is -0.452 e. The van der Waals surface area contributed by atoms with Crippen molar-refractivity contribution in [3.63, 3.8) is 0 Å². The van der Waals surface area contributed by atoms with Gasteiger partial charge in [0.25, 0.3) is 5.91 Å². The normalized spacial score (nSPS) is 19.1. The van der Waals surface area contributed by atoms with Crippen LogP contribution in [0.25, 0.3) is 10.9 Å². The first-order chi connectivity index (χ1) is 16.4.